The summed E-state index contributed by atoms with van der Waals surface area (Å²) in [6.45, 7) is 8.75. The molecule has 0 aliphatic heterocycles. The lowest BCUT2D eigenvalue weighted by Gasteiger charge is -2.29. The molecule has 156 valence electrons. The van der Waals surface area contributed by atoms with Crippen LogP contribution in [0, 0.1) is 5.92 Å². The maximum absolute atomic E-state index is 12.9. The van der Waals surface area contributed by atoms with Gasteiger partial charge in [-0.3, -0.25) is 9.59 Å². The van der Waals surface area contributed by atoms with E-state index in [-0.39, 0.29) is 18.4 Å². The summed E-state index contributed by atoms with van der Waals surface area (Å²) in [6, 6.07) is 16.8. The molecule has 0 radical (unpaired) electrons. The standard InChI is InChI=1S/C24H32N2O3/c1-5-20-11-13-22(14-12-20)29-17-23(27)26(16-21-9-7-6-8-10-21)19(4)24(28)25-15-18(2)3/h6-14,18-19H,5,15-17H2,1-4H3,(H,25,28)/t19-/m1/s1. The highest BCUT2D eigenvalue weighted by atomic mass is 16.5. The van der Waals surface area contributed by atoms with E-state index in [0.717, 1.165) is 12.0 Å². The van der Waals surface area contributed by atoms with Crippen molar-refractivity contribution < 1.29 is 14.3 Å². The lowest BCUT2D eigenvalue weighted by atomic mass is 10.1. The molecule has 0 saturated carbocycles. The molecule has 0 spiro atoms. The number of hydrogen-bond acceptors (Lipinski definition) is 3. The van der Waals surface area contributed by atoms with Crippen molar-refractivity contribution in [1.82, 2.24) is 10.2 Å². The molecule has 2 aromatic carbocycles. The van der Waals surface area contributed by atoms with Gasteiger partial charge in [0.25, 0.3) is 5.91 Å². The molecule has 1 N–H and O–H groups in total. The topological polar surface area (TPSA) is 58.6 Å². The Bertz CT molecular complexity index is 772. The van der Waals surface area contributed by atoms with E-state index in [9.17, 15) is 9.59 Å². The SMILES string of the molecule is CCc1ccc(OCC(=O)N(Cc2ccccc2)[C@H](C)C(=O)NCC(C)C)cc1. The van der Waals surface area contributed by atoms with Crippen molar-refractivity contribution in [2.75, 3.05) is 13.2 Å². The third kappa shape index (κ3) is 7.26. The molecule has 0 saturated heterocycles. The first-order chi connectivity index (χ1) is 13.9. The fourth-order valence-corrected chi connectivity index (χ4v) is 2.86. The van der Waals surface area contributed by atoms with Crippen molar-refractivity contribution in [3.8, 4) is 5.75 Å². The van der Waals surface area contributed by atoms with E-state index < -0.39 is 6.04 Å². The fraction of sp³-hybridized carbons (Fsp3) is 0.417. The monoisotopic (exact) mass is 396 g/mol. The number of benzene rings is 2. The van der Waals surface area contributed by atoms with Crippen molar-refractivity contribution in [1.29, 1.82) is 0 Å². The number of nitrogens with one attached hydrogen (secondary N) is 1. The number of carbonyl (C=O) groups is 2. The van der Waals surface area contributed by atoms with Gasteiger partial charge in [-0.15, -0.1) is 0 Å². The Hall–Kier alpha value is -2.82. The highest BCUT2D eigenvalue weighted by Crippen LogP contribution is 2.14. The Kier molecular flexibility index (Phi) is 8.71. The molecule has 0 aliphatic carbocycles. The summed E-state index contributed by atoms with van der Waals surface area (Å²) in [4.78, 5) is 27.1. The van der Waals surface area contributed by atoms with E-state index >= 15 is 0 Å². The third-order valence-corrected chi connectivity index (χ3v) is 4.74. The predicted octanol–water partition coefficient (Wildman–Crippen LogP) is 3.82. The van der Waals surface area contributed by atoms with Gasteiger partial charge in [0.15, 0.2) is 6.61 Å². The summed E-state index contributed by atoms with van der Waals surface area (Å²) in [6.07, 6.45) is 0.951. The van der Waals surface area contributed by atoms with Crippen molar-refractivity contribution in [2.24, 2.45) is 5.92 Å². The first-order valence-electron chi connectivity index (χ1n) is 10.2. The number of carbonyl (C=O) groups excluding carboxylic acids is 2. The molecule has 0 fully saturated rings. The summed E-state index contributed by atoms with van der Waals surface area (Å²) in [7, 11) is 0. The highest BCUT2D eigenvalue weighted by molar-refractivity contribution is 5.87. The zero-order valence-electron chi connectivity index (χ0n) is 17.9. The summed E-state index contributed by atoms with van der Waals surface area (Å²) < 4.78 is 5.69. The zero-order valence-corrected chi connectivity index (χ0v) is 17.9. The molecule has 2 aromatic rings. The average Bonchev–Trinajstić information content (AvgIpc) is 2.74. The summed E-state index contributed by atoms with van der Waals surface area (Å²) in [5.41, 5.74) is 2.18. The van der Waals surface area contributed by atoms with Crippen molar-refractivity contribution >= 4 is 11.8 Å². The Balaban J connectivity index is 2.07. The van der Waals surface area contributed by atoms with Crippen LogP contribution in [0.5, 0.6) is 5.75 Å². The lowest BCUT2D eigenvalue weighted by molar-refractivity contribution is -0.142. The summed E-state index contributed by atoms with van der Waals surface area (Å²) in [5.74, 6) is 0.613. The van der Waals surface area contributed by atoms with Gasteiger partial charge < -0.3 is 15.0 Å². The van der Waals surface area contributed by atoms with Crippen LogP contribution in [-0.4, -0.2) is 35.9 Å². The van der Waals surface area contributed by atoms with Gasteiger partial charge in [-0.05, 0) is 42.5 Å². The Labute approximate surface area is 174 Å². The van der Waals surface area contributed by atoms with Crippen LogP contribution in [0.3, 0.4) is 0 Å². The number of rotatable bonds is 10. The normalized spacial score (nSPS) is 11.8. The number of hydrogen-bond donors (Lipinski definition) is 1. The fourth-order valence-electron chi connectivity index (χ4n) is 2.86. The molecular weight excluding hydrogens is 364 g/mol. The largest absolute Gasteiger partial charge is 0.484 e. The number of ether oxygens (including phenoxy) is 1. The average molecular weight is 397 g/mol. The minimum atomic E-state index is -0.590. The van der Waals surface area contributed by atoms with E-state index in [1.165, 1.54) is 5.56 Å². The zero-order chi connectivity index (χ0) is 21.2. The lowest BCUT2D eigenvalue weighted by Crippen LogP contribution is -2.49. The molecule has 0 bridgehead atoms. The molecule has 29 heavy (non-hydrogen) atoms. The van der Waals surface area contributed by atoms with Crippen molar-refractivity contribution in [3.63, 3.8) is 0 Å². The van der Waals surface area contributed by atoms with Gasteiger partial charge in [0.1, 0.15) is 11.8 Å². The van der Waals surface area contributed by atoms with Crippen LogP contribution < -0.4 is 10.1 Å². The second kappa shape index (κ2) is 11.2. The van der Waals surface area contributed by atoms with Crippen LogP contribution in [0.25, 0.3) is 0 Å². The van der Waals surface area contributed by atoms with Gasteiger partial charge in [0, 0.05) is 13.1 Å². The number of aryl methyl sites for hydroxylation is 1. The molecule has 2 rings (SSSR count). The number of nitrogens with zero attached hydrogens (tertiary/aromatic N) is 1. The summed E-state index contributed by atoms with van der Waals surface area (Å²) >= 11 is 0. The molecular formula is C24H32N2O3. The molecule has 1 atom stereocenters. The first kappa shape index (κ1) is 22.5. The molecule has 0 heterocycles. The smallest absolute Gasteiger partial charge is 0.261 e. The Morgan fingerprint density at radius 2 is 1.62 bits per heavy atom. The molecule has 0 unspecified atom stereocenters. The van der Waals surface area contributed by atoms with Crippen LogP contribution in [0.1, 0.15) is 38.8 Å². The molecule has 5 heteroatoms. The van der Waals surface area contributed by atoms with E-state index in [2.05, 4.69) is 12.2 Å². The van der Waals surface area contributed by atoms with Gasteiger partial charge in [-0.2, -0.15) is 0 Å². The van der Waals surface area contributed by atoms with Crippen LogP contribution in [-0.2, 0) is 22.6 Å². The van der Waals surface area contributed by atoms with Gasteiger partial charge >= 0.3 is 0 Å². The van der Waals surface area contributed by atoms with E-state index in [0.29, 0.717) is 24.8 Å². The molecule has 5 nitrogen and oxygen atoms in total. The van der Waals surface area contributed by atoms with Crippen molar-refractivity contribution in [3.05, 3.63) is 65.7 Å². The maximum Gasteiger partial charge on any atom is 0.261 e. The van der Waals surface area contributed by atoms with Crippen LogP contribution >= 0.6 is 0 Å². The second-order valence-corrected chi connectivity index (χ2v) is 7.61. The van der Waals surface area contributed by atoms with E-state index in [1.807, 2.05) is 68.4 Å². The van der Waals surface area contributed by atoms with Gasteiger partial charge in [-0.1, -0.05) is 63.2 Å². The highest BCUT2D eigenvalue weighted by Gasteiger charge is 2.26. The number of amides is 2. The van der Waals surface area contributed by atoms with Crippen molar-refractivity contribution in [2.45, 2.75) is 46.7 Å². The van der Waals surface area contributed by atoms with Crippen LogP contribution in [0.15, 0.2) is 54.6 Å². The second-order valence-electron chi connectivity index (χ2n) is 7.61. The minimum absolute atomic E-state index is 0.111. The first-order valence-corrected chi connectivity index (χ1v) is 10.2. The van der Waals surface area contributed by atoms with E-state index in [4.69, 9.17) is 4.74 Å². The predicted molar refractivity (Wildman–Crippen MR) is 116 cm³/mol. The minimum Gasteiger partial charge on any atom is -0.484 e. The Morgan fingerprint density at radius 3 is 2.21 bits per heavy atom. The molecule has 2 amide bonds. The third-order valence-electron chi connectivity index (χ3n) is 4.74. The van der Waals surface area contributed by atoms with Gasteiger partial charge in [-0.25, -0.2) is 0 Å². The molecule has 0 aromatic heterocycles. The quantitative estimate of drug-likeness (QED) is 0.664. The van der Waals surface area contributed by atoms with Gasteiger partial charge in [0.2, 0.25) is 5.91 Å². The Morgan fingerprint density at radius 1 is 0.966 bits per heavy atom. The van der Waals surface area contributed by atoms with E-state index in [1.54, 1.807) is 11.8 Å². The summed E-state index contributed by atoms with van der Waals surface area (Å²) in [5, 5.41) is 2.92. The van der Waals surface area contributed by atoms with Crippen LogP contribution in [0.2, 0.25) is 0 Å². The molecule has 0 aliphatic rings. The van der Waals surface area contributed by atoms with Crippen LogP contribution in [0.4, 0.5) is 0 Å². The van der Waals surface area contributed by atoms with Gasteiger partial charge in [0.05, 0.1) is 0 Å². The maximum atomic E-state index is 12.9.